The second kappa shape index (κ2) is 3.38. The number of rotatable bonds is 2. The number of nitrogen functional groups attached to an aromatic ring is 1. The summed E-state index contributed by atoms with van der Waals surface area (Å²) in [6, 6.07) is 2.17. The number of nitrogens with one attached hydrogen (secondary N) is 1. The van der Waals surface area contributed by atoms with E-state index >= 15 is 0 Å². The second-order valence-electron chi connectivity index (χ2n) is 2.39. The zero-order valence-corrected chi connectivity index (χ0v) is 6.70. The summed E-state index contributed by atoms with van der Waals surface area (Å²) >= 11 is 0. The third kappa shape index (κ3) is 1.64. The van der Waals surface area contributed by atoms with Gasteiger partial charge >= 0.3 is 0 Å². The Kier molecular flexibility index (Phi) is 2.47. The topological polar surface area (TPSA) is 38.0 Å². The monoisotopic (exact) mass is 172 g/mol. The van der Waals surface area contributed by atoms with Gasteiger partial charge in [0, 0.05) is 12.2 Å². The molecule has 0 saturated carbocycles. The van der Waals surface area contributed by atoms with Crippen LogP contribution < -0.4 is 11.1 Å². The highest BCUT2D eigenvalue weighted by Gasteiger charge is 2.08. The molecular formula is C8H10F2N2. The fourth-order valence-electron chi connectivity index (χ4n) is 0.938. The summed E-state index contributed by atoms with van der Waals surface area (Å²) in [6.45, 7) is 2.23. The third-order valence-electron chi connectivity index (χ3n) is 1.42. The maximum atomic E-state index is 12.9. The lowest BCUT2D eigenvalue weighted by Gasteiger charge is -2.06. The van der Waals surface area contributed by atoms with E-state index in [9.17, 15) is 8.78 Å². The first-order valence-electron chi connectivity index (χ1n) is 3.63. The lowest BCUT2D eigenvalue weighted by molar-refractivity contribution is 0.590. The Balaban J connectivity index is 3.10. The molecule has 0 radical (unpaired) electrons. The summed E-state index contributed by atoms with van der Waals surface area (Å²) in [5.41, 5.74) is 5.19. The molecule has 1 rings (SSSR count). The van der Waals surface area contributed by atoms with Gasteiger partial charge < -0.3 is 11.1 Å². The van der Waals surface area contributed by atoms with Crippen LogP contribution in [0.15, 0.2) is 12.1 Å². The first-order chi connectivity index (χ1) is 5.65. The zero-order chi connectivity index (χ0) is 9.14. The van der Waals surface area contributed by atoms with E-state index in [2.05, 4.69) is 5.32 Å². The fraction of sp³-hybridized carbons (Fsp3) is 0.250. The minimum Gasteiger partial charge on any atom is -0.399 e. The molecule has 0 aliphatic carbocycles. The van der Waals surface area contributed by atoms with Crippen molar-refractivity contribution in [3.63, 3.8) is 0 Å². The van der Waals surface area contributed by atoms with Gasteiger partial charge in [0.1, 0.15) is 5.69 Å². The highest BCUT2D eigenvalue weighted by molar-refractivity contribution is 5.53. The summed E-state index contributed by atoms with van der Waals surface area (Å²) < 4.78 is 25.8. The van der Waals surface area contributed by atoms with Gasteiger partial charge in [0.15, 0.2) is 11.6 Å². The maximum Gasteiger partial charge on any atom is 0.151 e. The number of nitrogens with two attached hydrogens (primary N) is 1. The van der Waals surface area contributed by atoms with Crippen LogP contribution in [0.4, 0.5) is 20.2 Å². The SMILES string of the molecule is CCNc1c(F)cc(N)cc1F. The van der Waals surface area contributed by atoms with Crippen molar-refractivity contribution in [1.82, 2.24) is 0 Å². The van der Waals surface area contributed by atoms with Crippen LogP contribution in [-0.2, 0) is 0 Å². The molecule has 0 spiro atoms. The minimum atomic E-state index is -0.658. The Morgan fingerprint density at radius 1 is 1.33 bits per heavy atom. The maximum absolute atomic E-state index is 12.9. The van der Waals surface area contributed by atoms with Crippen LogP contribution in [0.25, 0.3) is 0 Å². The van der Waals surface area contributed by atoms with Crippen molar-refractivity contribution in [3.05, 3.63) is 23.8 Å². The van der Waals surface area contributed by atoms with E-state index in [1.165, 1.54) is 0 Å². The van der Waals surface area contributed by atoms with Gasteiger partial charge in [0.05, 0.1) is 0 Å². The van der Waals surface area contributed by atoms with Crippen molar-refractivity contribution in [2.75, 3.05) is 17.6 Å². The molecule has 0 aromatic heterocycles. The summed E-state index contributed by atoms with van der Waals surface area (Å²) in [7, 11) is 0. The molecule has 66 valence electrons. The molecular weight excluding hydrogens is 162 g/mol. The average molecular weight is 172 g/mol. The third-order valence-corrected chi connectivity index (χ3v) is 1.42. The number of hydrogen-bond acceptors (Lipinski definition) is 2. The highest BCUT2D eigenvalue weighted by atomic mass is 19.1. The van der Waals surface area contributed by atoms with Crippen molar-refractivity contribution in [2.24, 2.45) is 0 Å². The molecule has 0 saturated heterocycles. The Bertz CT molecular complexity index is 263. The van der Waals surface area contributed by atoms with Crippen molar-refractivity contribution >= 4 is 11.4 Å². The lowest BCUT2D eigenvalue weighted by Crippen LogP contribution is -2.03. The summed E-state index contributed by atoms with van der Waals surface area (Å²) in [5, 5.41) is 2.57. The summed E-state index contributed by atoms with van der Waals surface area (Å²) in [4.78, 5) is 0. The molecule has 4 heteroatoms. The molecule has 0 heterocycles. The molecule has 1 aromatic rings. The standard InChI is InChI=1S/C8H10F2N2/c1-2-12-8-6(9)3-5(11)4-7(8)10/h3-4,12H,2,11H2,1H3. The van der Waals surface area contributed by atoms with Crippen molar-refractivity contribution in [1.29, 1.82) is 0 Å². The van der Waals surface area contributed by atoms with Crippen LogP contribution in [-0.4, -0.2) is 6.54 Å². The van der Waals surface area contributed by atoms with E-state index in [1.54, 1.807) is 6.92 Å². The number of anilines is 2. The van der Waals surface area contributed by atoms with Gasteiger partial charge in [-0.05, 0) is 19.1 Å². The first kappa shape index (κ1) is 8.77. The molecule has 0 unspecified atom stereocenters. The van der Waals surface area contributed by atoms with Crippen LogP contribution in [0.2, 0.25) is 0 Å². The molecule has 0 aliphatic heterocycles. The van der Waals surface area contributed by atoms with Crippen LogP contribution in [0, 0.1) is 11.6 Å². The fourth-order valence-corrected chi connectivity index (χ4v) is 0.938. The van der Waals surface area contributed by atoms with Crippen LogP contribution in [0.1, 0.15) is 6.92 Å². The quantitative estimate of drug-likeness (QED) is 0.669. The van der Waals surface area contributed by atoms with E-state index in [1.807, 2.05) is 0 Å². The van der Waals surface area contributed by atoms with Crippen molar-refractivity contribution in [2.45, 2.75) is 6.92 Å². The second-order valence-corrected chi connectivity index (χ2v) is 2.39. The van der Waals surface area contributed by atoms with Crippen LogP contribution in [0.5, 0.6) is 0 Å². The normalized spacial score (nSPS) is 9.92. The molecule has 2 nitrogen and oxygen atoms in total. The molecule has 0 fully saturated rings. The van der Waals surface area contributed by atoms with Crippen molar-refractivity contribution < 1.29 is 8.78 Å². The predicted octanol–water partition coefficient (Wildman–Crippen LogP) is 1.98. The number of benzene rings is 1. The minimum absolute atomic E-state index is 0.0895. The van der Waals surface area contributed by atoms with Crippen LogP contribution >= 0.6 is 0 Å². The van der Waals surface area contributed by atoms with Gasteiger partial charge in [-0.25, -0.2) is 8.78 Å². The van der Waals surface area contributed by atoms with E-state index < -0.39 is 11.6 Å². The smallest absolute Gasteiger partial charge is 0.151 e. The van der Waals surface area contributed by atoms with Gasteiger partial charge in [-0.3, -0.25) is 0 Å². The number of halogens is 2. The zero-order valence-electron chi connectivity index (χ0n) is 6.70. The Hall–Kier alpha value is -1.32. The van der Waals surface area contributed by atoms with E-state index in [0.29, 0.717) is 6.54 Å². The van der Waals surface area contributed by atoms with E-state index in [-0.39, 0.29) is 11.4 Å². The molecule has 1 aromatic carbocycles. The molecule has 12 heavy (non-hydrogen) atoms. The van der Waals surface area contributed by atoms with Gasteiger partial charge in [-0.15, -0.1) is 0 Å². The van der Waals surface area contributed by atoms with Crippen LogP contribution in [0.3, 0.4) is 0 Å². The molecule has 0 amide bonds. The van der Waals surface area contributed by atoms with Gasteiger partial charge in [0.25, 0.3) is 0 Å². The first-order valence-corrected chi connectivity index (χ1v) is 3.63. The highest BCUT2D eigenvalue weighted by Crippen LogP contribution is 2.21. The van der Waals surface area contributed by atoms with Gasteiger partial charge in [-0.2, -0.15) is 0 Å². The average Bonchev–Trinajstić information content (AvgIpc) is 1.96. The van der Waals surface area contributed by atoms with Gasteiger partial charge in [-0.1, -0.05) is 0 Å². The Morgan fingerprint density at radius 2 is 1.83 bits per heavy atom. The molecule has 0 bridgehead atoms. The number of hydrogen-bond donors (Lipinski definition) is 2. The molecule has 0 aliphatic rings. The largest absolute Gasteiger partial charge is 0.399 e. The van der Waals surface area contributed by atoms with Crippen molar-refractivity contribution in [3.8, 4) is 0 Å². The predicted molar refractivity (Wildman–Crippen MR) is 44.9 cm³/mol. The summed E-state index contributed by atoms with van der Waals surface area (Å²) in [5.74, 6) is -1.32. The molecule has 0 atom stereocenters. The Labute approximate surface area is 69.4 Å². The Morgan fingerprint density at radius 3 is 2.25 bits per heavy atom. The van der Waals surface area contributed by atoms with E-state index in [4.69, 9.17) is 5.73 Å². The summed E-state index contributed by atoms with van der Waals surface area (Å²) in [6.07, 6.45) is 0. The van der Waals surface area contributed by atoms with E-state index in [0.717, 1.165) is 12.1 Å². The van der Waals surface area contributed by atoms with Gasteiger partial charge in [0.2, 0.25) is 0 Å². The lowest BCUT2D eigenvalue weighted by atomic mass is 10.2. The molecule has 3 N–H and O–H groups in total.